The lowest BCUT2D eigenvalue weighted by atomic mass is 10.0. The molecule has 0 radical (unpaired) electrons. The van der Waals surface area contributed by atoms with Gasteiger partial charge < -0.3 is 10.1 Å². The van der Waals surface area contributed by atoms with Gasteiger partial charge in [-0.1, -0.05) is 30.3 Å². The van der Waals surface area contributed by atoms with E-state index in [2.05, 4.69) is 5.32 Å². The first kappa shape index (κ1) is 17.4. The van der Waals surface area contributed by atoms with Crippen molar-refractivity contribution in [2.24, 2.45) is 0 Å². The number of amides is 1. The molecule has 0 unspecified atom stereocenters. The standard InChI is InChI=1S/C22H19NO3/c1-15(24)16-8-11-19(12-9-16)23-22(25)18-10-13-21(26-2)20(14-18)17-6-4-3-5-7-17/h3-14H,1-2H3,(H,23,25). The van der Waals surface area contributed by atoms with Crippen LogP contribution in [0.1, 0.15) is 27.6 Å². The summed E-state index contributed by atoms with van der Waals surface area (Å²) in [7, 11) is 1.61. The number of carbonyl (C=O) groups excluding carboxylic acids is 2. The third-order valence-electron chi connectivity index (χ3n) is 4.10. The van der Waals surface area contributed by atoms with E-state index in [-0.39, 0.29) is 11.7 Å². The van der Waals surface area contributed by atoms with Crippen LogP contribution < -0.4 is 10.1 Å². The Kier molecular flexibility index (Phi) is 5.13. The Morgan fingerprint density at radius 1 is 0.846 bits per heavy atom. The topological polar surface area (TPSA) is 55.4 Å². The number of anilines is 1. The summed E-state index contributed by atoms with van der Waals surface area (Å²) in [5.74, 6) is 0.476. The van der Waals surface area contributed by atoms with Crippen LogP contribution in [-0.4, -0.2) is 18.8 Å². The highest BCUT2D eigenvalue weighted by molar-refractivity contribution is 6.05. The summed E-state index contributed by atoms with van der Waals surface area (Å²) in [6.07, 6.45) is 0. The molecule has 0 heterocycles. The maximum absolute atomic E-state index is 12.6. The molecule has 1 N–H and O–H groups in total. The molecule has 0 atom stereocenters. The second-order valence-electron chi connectivity index (χ2n) is 5.87. The minimum Gasteiger partial charge on any atom is -0.496 e. The van der Waals surface area contributed by atoms with Crippen molar-refractivity contribution in [2.75, 3.05) is 12.4 Å². The molecule has 1 amide bonds. The number of methoxy groups -OCH3 is 1. The molecular weight excluding hydrogens is 326 g/mol. The Morgan fingerprint density at radius 3 is 2.12 bits per heavy atom. The Bertz CT molecular complexity index is 931. The van der Waals surface area contributed by atoms with E-state index in [1.54, 1.807) is 43.5 Å². The second kappa shape index (κ2) is 7.66. The van der Waals surface area contributed by atoms with Gasteiger partial charge in [-0.05, 0) is 55.0 Å². The summed E-state index contributed by atoms with van der Waals surface area (Å²) >= 11 is 0. The number of nitrogens with one attached hydrogen (secondary N) is 1. The van der Waals surface area contributed by atoms with Gasteiger partial charge in [0.05, 0.1) is 7.11 Å². The largest absolute Gasteiger partial charge is 0.496 e. The first-order valence-corrected chi connectivity index (χ1v) is 8.24. The molecule has 0 aromatic heterocycles. The molecule has 0 aliphatic carbocycles. The lowest BCUT2D eigenvalue weighted by Gasteiger charge is -2.11. The number of ketones is 1. The van der Waals surface area contributed by atoms with E-state index in [1.165, 1.54) is 6.92 Å². The Morgan fingerprint density at radius 2 is 1.50 bits per heavy atom. The van der Waals surface area contributed by atoms with Gasteiger partial charge in [-0.3, -0.25) is 9.59 Å². The zero-order valence-electron chi connectivity index (χ0n) is 14.7. The van der Waals surface area contributed by atoms with Gasteiger partial charge in [0.1, 0.15) is 5.75 Å². The third-order valence-corrected chi connectivity index (χ3v) is 4.10. The summed E-state index contributed by atoms with van der Waals surface area (Å²) in [6.45, 7) is 1.51. The van der Waals surface area contributed by atoms with Crippen molar-refractivity contribution in [3.8, 4) is 16.9 Å². The lowest BCUT2D eigenvalue weighted by molar-refractivity contribution is 0.101. The van der Waals surface area contributed by atoms with E-state index < -0.39 is 0 Å². The predicted molar refractivity (Wildman–Crippen MR) is 103 cm³/mol. The van der Waals surface area contributed by atoms with Crippen LogP contribution in [0.5, 0.6) is 5.75 Å². The van der Waals surface area contributed by atoms with Crippen molar-refractivity contribution in [3.05, 3.63) is 83.9 Å². The van der Waals surface area contributed by atoms with Crippen molar-refractivity contribution in [1.82, 2.24) is 0 Å². The zero-order chi connectivity index (χ0) is 18.5. The Labute approximate surface area is 152 Å². The normalized spacial score (nSPS) is 10.2. The number of hydrogen-bond donors (Lipinski definition) is 1. The van der Waals surface area contributed by atoms with E-state index >= 15 is 0 Å². The van der Waals surface area contributed by atoms with E-state index in [4.69, 9.17) is 4.74 Å². The van der Waals surface area contributed by atoms with Crippen LogP contribution in [-0.2, 0) is 0 Å². The van der Waals surface area contributed by atoms with Gasteiger partial charge >= 0.3 is 0 Å². The maximum atomic E-state index is 12.6. The summed E-state index contributed by atoms with van der Waals surface area (Å²) in [4.78, 5) is 23.9. The van der Waals surface area contributed by atoms with Gasteiger partial charge in [0.25, 0.3) is 5.91 Å². The summed E-state index contributed by atoms with van der Waals surface area (Å²) in [6, 6.07) is 21.9. The first-order chi connectivity index (χ1) is 12.6. The lowest BCUT2D eigenvalue weighted by Crippen LogP contribution is -2.12. The quantitative estimate of drug-likeness (QED) is 0.675. The van der Waals surface area contributed by atoms with Crippen molar-refractivity contribution in [3.63, 3.8) is 0 Å². The fraction of sp³-hybridized carbons (Fsp3) is 0.0909. The van der Waals surface area contributed by atoms with E-state index in [0.717, 1.165) is 11.1 Å². The van der Waals surface area contributed by atoms with Gasteiger partial charge in [-0.15, -0.1) is 0 Å². The fourth-order valence-electron chi connectivity index (χ4n) is 2.68. The molecule has 3 rings (SSSR count). The molecule has 4 nitrogen and oxygen atoms in total. The van der Waals surface area contributed by atoms with Crippen LogP contribution in [0.2, 0.25) is 0 Å². The molecule has 0 bridgehead atoms. The predicted octanol–water partition coefficient (Wildman–Crippen LogP) is 4.82. The van der Waals surface area contributed by atoms with Crippen LogP contribution in [0.25, 0.3) is 11.1 Å². The minimum absolute atomic E-state index is 0.00876. The Balaban J connectivity index is 1.86. The van der Waals surface area contributed by atoms with E-state index in [0.29, 0.717) is 22.6 Å². The molecule has 0 fully saturated rings. The van der Waals surface area contributed by atoms with Crippen molar-refractivity contribution in [1.29, 1.82) is 0 Å². The van der Waals surface area contributed by atoms with Crippen molar-refractivity contribution >= 4 is 17.4 Å². The molecule has 0 aliphatic heterocycles. The highest BCUT2D eigenvalue weighted by atomic mass is 16.5. The Hall–Kier alpha value is -3.40. The first-order valence-electron chi connectivity index (χ1n) is 8.24. The number of benzene rings is 3. The maximum Gasteiger partial charge on any atom is 0.255 e. The van der Waals surface area contributed by atoms with Crippen LogP contribution in [0, 0.1) is 0 Å². The van der Waals surface area contributed by atoms with Gasteiger partial charge in [-0.25, -0.2) is 0 Å². The molecule has 26 heavy (non-hydrogen) atoms. The van der Waals surface area contributed by atoms with Gasteiger partial charge in [-0.2, -0.15) is 0 Å². The molecule has 3 aromatic rings. The highest BCUT2D eigenvalue weighted by Crippen LogP contribution is 2.31. The van der Waals surface area contributed by atoms with E-state index in [1.807, 2.05) is 36.4 Å². The average molecular weight is 345 g/mol. The monoisotopic (exact) mass is 345 g/mol. The average Bonchev–Trinajstić information content (AvgIpc) is 2.68. The van der Waals surface area contributed by atoms with Crippen molar-refractivity contribution in [2.45, 2.75) is 6.92 Å². The van der Waals surface area contributed by atoms with Crippen LogP contribution in [0.4, 0.5) is 5.69 Å². The second-order valence-corrected chi connectivity index (χ2v) is 5.87. The molecule has 4 heteroatoms. The number of rotatable bonds is 5. The molecule has 3 aromatic carbocycles. The van der Waals surface area contributed by atoms with Crippen LogP contribution in [0.3, 0.4) is 0 Å². The van der Waals surface area contributed by atoms with Crippen molar-refractivity contribution < 1.29 is 14.3 Å². The number of Topliss-reactive ketones (excluding diaryl/α,β-unsaturated/α-hetero) is 1. The van der Waals surface area contributed by atoms with Gasteiger partial charge in [0.15, 0.2) is 5.78 Å². The van der Waals surface area contributed by atoms with E-state index in [9.17, 15) is 9.59 Å². The molecule has 0 saturated carbocycles. The summed E-state index contributed by atoms with van der Waals surface area (Å²) < 4.78 is 5.42. The smallest absolute Gasteiger partial charge is 0.255 e. The minimum atomic E-state index is -0.222. The SMILES string of the molecule is COc1ccc(C(=O)Nc2ccc(C(C)=O)cc2)cc1-c1ccccc1. The van der Waals surface area contributed by atoms with Gasteiger partial charge in [0.2, 0.25) is 0 Å². The number of hydrogen-bond acceptors (Lipinski definition) is 3. The number of carbonyl (C=O) groups is 2. The molecule has 0 spiro atoms. The number of ether oxygens (including phenoxy) is 1. The highest BCUT2D eigenvalue weighted by Gasteiger charge is 2.12. The third kappa shape index (κ3) is 3.81. The molecule has 130 valence electrons. The summed E-state index contributed by atoms with van der Waals surface area (Å²) in [5.41, 5.74) is 3.61. The van der Waals surface area contributed by atoms with Crippen LogP contribution in [0.15, 0.2) is 72.8 Å². The van der Waals surface area contributed by atoms with Crippen LogP contribution >= 0.6 is 0 Å². The zero-order valence-corrected chi connectivity index (χ0v) is 14.7. The molecule has 0 aliphatic rings. The van der Waals surface area contributed by atoms with Gasteiger partial charge in [0, 0.05) is 22.4 Å². The fourth-order valence-corrected chi connectivity index (χ4v) is 2.68. The summed E-state index contributed by atoms with van der Waals surface area (Å²) in [5, 5.41) is 2.85. The molecular formula is C22H19NO3. The molecule has 0 saturated heterocycles.